The fraction of sp³-hybridized carbons (Fsp3) is 0.353. The van der Waals surface area contributed by atoms with Gasteiger partial charge in [0, 0.05) is 11.8 Å². The van der Waals surface area contributed by atoms with E-state index < -0.39 is 0 Å². The molecular formula is C17H19NO2. The lowest BCUT2D eigenvalue weighted by atomic mass is 9.77. The maximum absolute atomic E-state index is 11.3. The number of carbonyl (C=O) groups excluding carboxylic acids is 1. The monoisotopic (exact) mass is 269 g/mol. The van der Waals surface area contributed by atoms with Crippen molar-refractivity contribution in [2.45, 2.75) is 32.1 Å². The van der Waals surface area contributed by atoms with Crippen molar-refractivity contribution in [1.82, 2.24) is 4.98 Å². The highest BCUT2D eigenvalue weighted by molar-refractivity contribution is 5.83. The van der Waals surface area contributed by atoms with Crippen LogP contribution < -0.4 is 4.74 Å². The van der Waals surface area contributed by atoms with Crippen LogP contribution in [-0.4, -0.2) is 18.4 Å². The zero-order valence-electron chi connectivity index (χ0n) is 11.9. The Hall–Kier alpha value is -2.03. The Morgan fingerprint density at radius 1 is 1.30 bits per heavy atom. The van der Waals surface area contributed by atoms with Crippen LogP contribution in [0.1, 0.15) is 46.8 Å². The van der Waals surface area contributed by atoms with E-state index in [0.717, 1.165) is 34.4 Å². The van der Waals surface area contributed by atoms with Gasteiger partial charge in [-0.15, -0.1) is 0 Å². The molecule has 1 aliphatic carbocycles. The Balaban J connectivity index is 2.15. The Bertz CT molecular complexity index is 638. The Morgan fingerprint density at radius 2 is 2.10 bits per heavy atom. The van der Waals surface area contributed by atoms with Gasteiger partial charge in [0.05, 0.1) is 12.8 Å². The van der Waals surface area contributed by atoms with E-state index in [4.69, 9.17) is 4.74 Å². The molecule has 104 valence electrons. The number of aldehydes is 1. The van der Waals surface area contributed by atoms with E-state index in [2.05, 4.69) is 18.0 Å². The molecule has 0 unspecified atom stereocenters. The van der Waals surface area contributed by atoms with Gasteiger partial charge >= 0.3 is 0 Å². The molecular weight excluding hydrogens is 250 g/mol. The summed E-state index contributed by atoms with van der Waals surface area (Å²) in [5.41, 5.74) is 5.32. The number of carbonyl (C=O) groups is 1. The van der Waals surface area contributed by atoms with Crippen LogP contribution in [0.25, 0.3) is 11.1 Å². The number of H-pyrrole nitrogens is 1. The largest absolute Gasteiger partial charge is 0.496 e. The first-order chi connectivity index (χ1) is 9.76. The Labute approximate surface area is 119 Å². The molecule has 0 saturated heterocycles. The zero-order valence-corrected chi connectivity index (χ0v) is 11.9. The summed E-state index contributed by atoms with van der Waals surface area (Å²) < 4.78 is 5.40. The highest BCUT2D eigenvalue weighted by Crippen LogP contribution is 2.44. The molecule has 20 heavy (non-hydrogen) atoms. The highest BCUT2D eigenvalue weighted by Gasteiger charge is 2.27. The van der Waals surface area contributed by atoms with E-state index in [-0.39, 0.29) is 0 Å². The van der Waals surface area contributed by atoms with Gasteiger partial charge in [0.2, 0.25) is 0 Å². The van der Waals surface area contributed by atoms with Gasteiger partial charge in [-0.1, -0.05) is 18.6 Å². The van der Waals surface area contributed by atoms with E-state index in [1.807, 2.05) is 18.3 Å². The molecule has 1 aliphatic rings. The van der Waals surface area contributed by atoms with Crippen LogP contribution in [0.15, 0.2) is 24.4 Å². The van der Waals surface area contributed by atoms with Gasteiger partial charge < -0.3 is 9.72 Å². The number of benzene rings is 1. The summed E-state index contributed by atoms with van der Waals surface area (Å²) in [6.07, 6.45) is 6.50. The van der Waals surface area contributed by atoms with Crippen LogP contribution in [0.4, 0.5) is 0 Å². The van der Waals surface area contributed by atoms with Gasteiger partial charge in [-0.3, -0.25) is 4.79 Å². The second-order valence-corrected chi connectivity index (χ2v) is 5.41. The second kappa shape index (κ2) is 5.16. The molecule has 0 bridgehead atoms. The van der Waals surface area contributed by atoms with Gasteiger partial charge in [-0.2, -0.15) is 0 Å². The summed E-state index contributed by atoms with van der Waals surface area (Å²) in [5.74, 6) is 1.40. The lowest BCUT2D eigenvalue weighted by Gasteiger charge is -2.27. The van der Waals surface area contributed by atoms with Gasteiger partial charge in [-0.05, 0) is 48.4 Å². The normalized spacial score (nSPS) is 14.9. The number of nitrogens with one attached hydrogen (secondary N) is 1. The molecule has 0 spiro atoms. The van der Waals surface area contributed by atoms with Crippen molar-refractivity contribution in [1.29, 1.82) is 0 Å². The molecule has 1 saturated carbocycles. The van der Waals surface area contributed by atoms with Crippen LogP contribution in [0, 0.1) is 6.92 Å². The number of methoxy groups -OCH3 is 1. The van der Waals surface area contributed by atoms with Gasteiger partial charge in [0.15, 0.2) is 6.29 Å². The smallest absolute Gasteiger partial charge is 0.166 e. The van der Waals surface area contributed by atoms with Crippen molar-refractivity contribution in [2.75, 3.05) is 7.11 Å². The van der Waals surface area contributed by atoms with Crippen molar-refractivity contribution in [3.8, 4) is 16.9 Å². The third-order valence-corrected chi connectivity index (χ3v) is 4.38. The fourth-order valence-corrected chi connectivity index (χ4v) is 3.03. The molecule has 2 aromatic rings. The minimum absolute atomic E-state index is 0.516. The maximum Gasteiger partial charge on any atom is 0.166 e. The summed E-state index contributed by atoms with van der Waals surface area (Å²) in [6.45, 7) is 2.06. The number of aromatic amines is 1. The van der Waals surface area contributed by atoms with Crippen molar-refractivity contribution >= 4 is 6.29 Å². The second-order valence-electron chi connectivity index (χ2n) is 5.41. The molecule has 1 fully saturated rings. The van der Waals surface area contributed by atoms with Crippen LogP contribution in [0.5, 0.6) is 5.75 Å². The summed E-state index contributed by atoms with van der Waals surface area (Å²) in [7, 11) is 1.69. The first kappa shape index (κ1) is 13.0. The molecule has 1 N–H and O–H groups in total. The Kier molecular flexibility index (Phi) is 3.35. The van der Waals surface area contributed by atoms with Crippen molar-refractivity contribution in [3.05, 3.63) is 41.2 Å². The van der Waals surface area contributed by atoms with Crippen molar-refractivity contribution < 1.29 is 9.53 Å². The lowest BCUT2D eigenvalue weighted by Crippen LogP contribution is -2.11. The van der Waals surface area contributed by atoms with Gasteiger partial charge in [0.25, 0.3) is 0 Å². The quantitative estimate of drug-likeness (QED) is 0.850. The topological polar surface area (TPSA) is 42.1 Å². The minimum Gasteiger partial charge on any atom is -0.496 e. The molecule has 3 nitrogen and oxygen atoms in total. The first-order valence-electron chi connectivity index (χ1n) is 7.06. The summed E-state index contributed by atoms with van der Waals surface area (Å²) >= 11 is 0. The van der Waals surface area contributed by atoms with E-state index in [0.29, 0.717) is 5.92 Å². The third kappa shape index (κ3) is 1.94. The number of hydrogen-bond donors (Lipinski definition) is 1. The average Bonchev–Trinajstić information content (AvgIpc) is 2.81. The third-order valence-electron chi connectivity index (χ3n) is 4.38. The molecule has 1 aromatic carbocycles. The van der Waals surface area contributed by atoms with Crippen LogP contribution in [0.2, 0.25) is 0 Å². The van der Waals surface area contributed by atoms with Crippen LogP contribution in [-0.2, 0) is 0 Å². The zero-order chi connectivity index (χ0) is 14.1. The number of aromatic nitrogens is 1. The van der Waals surface area contributed by atoms with Gasteiger partial charge in [0.1, 0.15) is 5.75 Å². The predicted molar refractivity (Wildman–Crippen MR) is 79.5 cm³/mol. The Morgan fingerprint density at radius 3 is 2.70 bits per heavy atom. The summed E-state index contributed by atoms with van der Waals surface area (Å²) in [6, 6.07) is 6.06. The van der Waals surface area contributed by atoms with E-state index >= 15 is 0 Å². The first-order valence-corrected chi connectivity index (χ1v) is 7.06. The molecule has 3 rings (SSSR count). The van der Waals surface area contributed by atoms with Crippen molar-refractivity contribution in [2.24, 2.45) is 0 Å². The van der Waals surface area contributed by atoms with E-state index in [9.17, 15) is 4.79 Å². The molecule has 0 radical (unpaired) electrons. The van der Waals surface area contributed by atoms with Crippen LogP contribution in [0.3, 0.4) is 0 Å². The standard InChI is InChI=1S/C17H19NO2/c1-11-13(7-4-8-16(11)20-2)14-9-18-15(10-19)17(14)12-5-3-6-12/h4,7-10,12,18H,3,5-6H2,1-2H3. The molecule has 1 aromatic heterocycles. The maximum atomic E-state index is 11.3. The van der Waals surface area contributed by atoms with Crippen molar-refractivity contribution in [3.63, 3.8) is 0 Å². The molecule has 1 heterocycles. The van der Waals surface area contributed by atoms with Gasteiger partial charge in [-0.25, -0.2) is 0 Å². The van der Waals surface area contributed by atoms with E-state index in [1.54, 1.807) is 7.11 Å². The molecule has 0 atom stereocenters. The predicted octanol–water partition coefficient (Wildman–Crippen LogP) is 4.08. The number of rotatable bonds is 4. The molecule has 3 heteroatoms. The summed E-state index contributed by atoms with van der Waals surface area (Å²) in [5, 5.41) is 0. The highest BCUT2D eigenvalue weighted by atomic mass is 16.5. The van der Waals surface area contributed by atoms with Crippen LogP contribution >= 0.6 is 0 Å². The van der Waals surface area contributed by atoms with E-state index in [1.165, 1.54) is 24.8 Å². The molecule has 0 amide bonds. The number of hydrogen-bond acceptors (Lipinski definition) is 2. The summed E-state index contributed by atoms with van der Waals surface area (Å²) in [4.78, 5) is 14.4. The fourth-order valence-electron chi connectivity index (χ4n) is 3.03. The number of ether oxygens (including phenoxy) is 1. The minimum atomic E-state index is 0.516. The molecule has 0 aliphatic heterocycles. The SMILES string of the molecule is COc1cccc(-c2c[nH]c(C=O)c2C2CCC2)c1C. The lowest BCUT2D eigenvalue weighted by molar-refractivity contribution is 0.111. The average molecular weight is 269 g/mol.